The van der Waals surface area contributed by atoms with Crippen molar-refractivity contribution >= 4 is 15.7 Å². The average Bonchev–Trinajstić information content (AvgIpc) is 3.28. The number of hydrogen-bond donors (Lipinski definition) is 0. The first-order valence-electron chi connectivity index (χ1n) is 9.79. The van der Waals surface area contributed by atoms with Crippen LogP contribution in [0.5, 0.6) is 0 Å². The molecule has 1 atom stereocenters. The van der Waals surface area contributed by atoms with Crippen LogP contribution in [0.2, 0.25) is 0 Å². The van der Waals surface area contributed by atoms with Crippen molar-refractivity contribution < 1.29 is 26.0 Å². The van der Waals surface area contributed by atoms with E-state index in [9.17, 15) is 26.0 Å². The third-order valence-corrected chi connectivity index (χ3v) is 7.41. The van der Waals surface area contributed by atoms with Gasteiger partial charge in [-0.3, -0.25) is 0 Å². The van der Waals surface area contributed by atoms with Gasteiger partial charge >= 0.3 is 6.18 Å². The van der Waals surface area contributed by atoms with E-state index in [0.717, 1.165) is 12.1 Å². The Kier molecular flexibility index (Phi) is 5.72. The lowest BCUT2D eigenvalue weighted by molar-refractivity contribution is -0.137. The van der Waals surface area contributed by atoms with E-state index in [1.54, 1.807) is 42.3 Å². The predicted octanol–water partition coefficient (Wildman–Crippen LogP) is 3.93. The summed E-state index contributed by atoms with van der Waals surface area (Å²) >= 11 is 0. The van der Waals surface area contributed by atoms with Crippen molar-refractivity contribution in [2.45, 2.75) is 24.0 Å². The lowest BCUT2D eigenvalue weighted by Crippen LogP contribution is -2.54. The minimum absolute atomic E-state index is 0.00647. The summed E-state index contributed by atoms with van der Waals surface area (Å²) in [5.74, 6) is -0.979. The van der Waals surface area contributed by atoms with E-state index >= 15 is 0 Å². The Morgan fingerprint density at radius 1 is 1.09 bits per heavy atom. The summed E-state index contributed by atoms with van der Waals surface area (Å²) in [6.45, 7) is 1.71. The molecule has 4 rings (SSSR count). The van der Waals surface area contributed by atoms with Crippen LogP contribution in [-0.2, 0) is 16.2 Å². The second kappa shape index (κ2) is 8.21. The number of hydrogen-bond acceptors (Lipinski definition) is 4. The molecule has 0 bridgehead atoms. The Balaban J connectivity index is 1.59. The van der Waals surface area contributed by atoms with Gasteiger partial charge in [0.05, 0.1) is 16.8 Å². The number of halogens is 4. The molecular formula is C21H20F4N4O2S. The van der Waals surface area contributed by atoms with Crippen molar-refractivity contribution in [2.24, 2.45) is 0 Å². The van der Waals surface area contributed by atoms with Gasteiger partial charge in [0.1, 0.15) is 5.82 Å². The first kappa shape index (κ1) is 22.3. The number of rotatable bonds is 4. The van der Waals surface area contributed by atoms with Crippen molar-refractivity contribution in [3.05, 3.63) is 72.6 Å². The van der Waals surface area contributed by atoms with Crippen molar-refractivity contribution in [1.29, 1.82) is 0 Å². The number of nitrogens with zero attached hydrogens (tertiary/aromatic N) is 4. The van der Waals surface area contributed by atoms with E-state index < -0.39 is 33.6 Å². The van der Waals surface area contributed by atoms with Crippen LogP contribution in [0.1, 0.15) is 12.5 Å². The lowest BCUT2D eigenvalue weighted by Gasteiger charge is -2.40. The number of piperazine rings is 1. The molecule has 0 spiro atoms. The summed E-state index contributed by atoms with van der Waals surface area (Å²) in [5.41, 5.74) is -0.616. The van der Waals surface area contributed by atoms with Crippen molar-refractivity contribution in [3.8, 4) is 5.69 Å². The molecule has 170 valence electrons. The lowest BCUT2D eigenvalue weighted by atomic mass is 10.1. The Bertz CT molecular complexity index is 1210. The maximum atomic E-state index is 13.5. The molecule has 32 heavy (non-hydrogen) atoms. The highest BCUT2D eigenvalue weighted by Gasteiger charge is 2.39. The zero-order chi connectivity index (χ0) is 23.1. The number of aromatic nitrogens is 2. The summed E-state index contributed by atoms with van der Waals surface area (Å²) in [7, 11) is -3.88. The predicted molar refractivity (Wildman–Crippen MR) is 111 cm³/mol. The molecule has 2 aromatic carbocycles. The van der Waals surface area contributed by atoms with E-state index in [4.69, 9.17) is 0 Å². The van der Waals surface area contributed by atoms with Crippen LogP contribution in [0, 0.1) is 5.82 Å². The summed E-state index contributed by atoms with van der Waals surface area (Å²) in [6, 6.07) is 8.30. The molecule has 0 aliphatic carbocycles. The largest absolute Gasteiger partial charge is 0.418 e. The zero-order valence-corrected chi connectivity index (χ0v) is 17.8. The van der Waals surface area contributed by atoms with Gasteiger partial charge in [-0.15, -0.1) is 0 Å². The molecule has 3 aromatic rings. The number of imidazole rings is 1. The van der Waals surface area contributed by atoms with Crippen LogP contribution in [-0.4, -0.2) is 48.0 Å². The van der Waals surface area contributed by atoms with Gasteiger partial charge in [-0.1, -0.05) is 6.07 Å². The number of sulfonamides is 1. The van der Waals surface area contributed by atoms with E-state index in [2.05, 4.69) is 4.98 Å². The standard InChI is InChI=1S/C21H20F4N4O2S/c1-15-13-27(20-6-5-16(22)11-19(20)21(23,24)25)9-10-29(15)32(30,31)18-4-2-3-17(12-18)28-8-7-26-14-28/h2-8,11-12,14-15H,9-10,13H2,1H3/t15-/m1/s1. The van der Waals surface area contributed by atoms with Crippen LogP contribution in [0.3, 0.4) is 0 Å². The molecule has 0 unspecified atom stereocenters. The van der Waals surface area contributed by atoms with Crippen LogP contribution in [0.25, 0.3) is 5.69 Å². The molecule has 1 fully saturated rings. The van der Waals surface area contributed by atoms with Gasteiger partial charge in [-0.2, -0.15) is 17.5 Å². The van der Waals surface area contributed by atoms with E-state index in [0.29, 0.717) is 11.8 Å². The maximum absolute atomic E-state index is 13.5. The molecule has 0 amide bonds. The SMILES string of the molecule is C[C@@H]1CN(c2ccc(F)cc2C(F)(F)F)CCN1S(=O)(=O)c1cccc(-n2ccnc2)c1. The molecule has 1 aromatic heterocycles. The second-order valence-electron chi connectivity index (χ2n) is 7.54. The Labute approximate surface area is 182 Å². The highest BCUT2D eigenvalue weighted by molar-refractivity contribution is 7.89. The van der Waals surface area contributed by atoms with Gasteiger partial charge in [0.15, 0.2) is 0 Å². The average molecular weight is 468 g/mol. The first-order chi connectivity index (χ1) is 15.1. The number of alkyl halides is 3. The zero-order valence-electron chi connectivity index (χ0n) is 17.0. The molecule has 0 radical (unpaired) electrons. The van der Waals surface area contributed by atoms with Gasteiger partial charge in [-0.25, -0.2) is 17.8 Å². The second-order valence-corrected chi connectivity index (χ2v) is 9.43. The monoisotopic (exact) mass is 468 g/mol. The van der Waals surface area contributed by atoms with E-state index in [1.165, 1.54) is 21.3 Å². The minimum atomic E-state index is -4.72. The van der Waals surface area contributed by atoms with Crippen LogP contribution in [0.15, 0.2) is 66.1 Å². The van der Waals surface area contributed by atoms with Crippen molar-refractivity contribution in [3.63, 3.8) is 0 Å². The fourth-order valence-electron chi connectivity index (χ4n) is 3.88. The first-order valence-corrected chi connectivity index (χ1v) is 11.2. The fourth-order valence-corrected chi connectivity index (χ4v) is 5.53. The summed E-state index contributed by atoms with van der Waals surface area (Å²) in [4.78, 5) is 5.48. The minimum Gasteiger partial charge on any atom is -0.368 e. The molecule has 1 aliphatic rings. The van der Waals surface area contributed by atoms with Crippen LogP contribution in [0.4, 0.5) is 23.2 Å². The highest BCUT2D eigenvalue weighted by Crippen LogP contribution is 2.38. The summed E-state index contributed by atoms with van der Waals surface area (Å²) in [5, 5.41) is 0. The topological polar surface area (TPSA) is 58.4 Å². The number of benzene rings is 2. The third-order valence-electron chi connectivity index (χ3n) is 5.40. The van der Waals surface area contributed by atoms with Gasteiger partial charge in [0.2, 0.25) is 10.0 Å². The molecule has 0 saturated carbocycles. The smallest absolute Gasteiger partial charge is 0.368 e. The number of anilines is 1. The molecule has 6 nitrogen and oxygen atoms in total. The third kappa shape index (κ3) is 4.22. The Morgan fingerprint density at radius 3 is 2.53 bits per heavy atom. The summed E-state index contributed by atoms with van der Waals surface area (Å²) < 4.78 is 83.2. The molecular weight excluding hydrogens is 448 g/mol. The van der Waals surface area contributed by atoms with Gasteiger partial charge in [-0.05, 0) is 43.3 Å². The molecule has 2 heterocycles. The molecule has 1 aliphatic heterocycles. The van der Waals surface area contributed by atoms with E-state index in [1.807, 2.05) is 0 Å². The molecule has 1 saturated heterocycles. The van der Waals surface area contributed by atoms with Gasteiger partial charge in [0, 0.05) is 49.4 Å². The normalized spacial score (nSPS) is 18.2. The highest BCUT2D eigenvalue weighted by atomic mass is 32.2. The van der Waals surface area contributed by atoms with Crippen molar-refractivity contribution in [2.75, 3.05) is 24.5 Å². The fraction of sp³-hybridized carbons (Fsp3) is 0.286. The summed E-state index contributed by atoms with van der Waals surface area (Å²) in [6.07, 6.45) is 0.0902. The van der Waals surface area contributed by atoms with E-state index in [-0.39, 0.29) is 30.2 Å². The maximum Gasteiger partial charge on any atom is 0.418 e. The molecule has 0 N–H and O–H groups in total. The quantitative estimate of drug-likeness (QED) is 0.545. The molecule has 11 heteroatoms. The Hall–Kier alpha value is -2.92. The Morgan fingerprint density at radius 2 is 1.88 bits per heavy atom. The van der Waals surface area contributed by atoms with Crippen LogP contribution >= 0.6 is 0 Å². The van der Waals surface area contributed by atoms with Gasteiger partial charge < -0.3 is 9.47 Å². The van der Waals surface area contributed by atoms with Crippen molar-refractivity contribution in [1.82, 2.24) is 13.9 Å². The van der Waals surface area contributed by atoms with Gasteiger partial charge in [0.25, 0.3) is 0 Å². The van der Waals surface area contributed by atoms with Crippen LogP contribution < -0.4 is 4.90 Å².